The lowest BCUT2D eigenvalue weighted by Crippen LogP contribution is -2.35. The zero-order valence-electron chi connectivity index (χ0n) is 9.45. The molecule has 0 aliphatic carbocycles. The van der Waals surface area contributed by atoms with E-state index < -0.39 is 6.10 Å². The molecule has 0 spiro atoms. The van der Waals surface area contributed by atoms with Gasteiger partial charge in [-0.2, -0.15) is 5.26 Å². The number of nitrogens with zero attached hydrogens (tertiary/aromatic N) is 2. The van der Waals surface area contributed by atoms with Crippen LogP contribution in [0, 0.1) is 11.3 Å². The van der Waals surface area contributed by atoms with Crippen LogP contribution in [0.4, 0.5) is 0 Å². The van der Waals surface area contributed by atoms with E-state index in [1.54, 1.807) is 11.9 Å². The first-order chi connectivity index (χ1) is 6.35. The molecule has 0 aromatic rings. The lowest BCUT2D eigenvalue weighted by atomic mass is 10.2. The number of nitriles is 1. The summed E-state index contributed by atoms with van der Waals surface area (Å²) in [5.41, 5.74) is -0.227. The molecule has 0 aromatic heterocycles. The quantitative estimate of drug-likeness (QED) is 0.661. The monoisotopic (exact) mass is 200 g/mol. The van der Waals surface area contributed by atoms with Gasteiger partial charge in [0, 0.05) is 6.54 Å². The van der Waals surface area contributed by atoms with E-state index in [9.17, 15) is 5.11 Å². The van der Waals surface area contributed by atoms with Gasteiger partial charge in [0.15, 0.2) is 0 Å². The fourth-order valence-corrected chi connectivity index (χ4v) is 0.944. The van der Waals surface area contributed by atoms with Gasteiger partial charge >= 0.3 is 0 Å². The second kappa shape index (κ2) is 5.97. The van der Waals surface area contributed by atoms with E-state index in [0.29, 0.717) is 19.7 Å². The minimum Gasteiger partial charge on any atom is -0.389 e. The molecule has 0 aromatic carbocycles. The molecule has 1 N–H and O–H groups in total. The fraction of sp³-hybridized carbons (Fsp3) is 0.900. The number of rotatable bonds is 5. The Morgan fingerprint density at radius 3 is 2.50 bits per heavy atom. The SMILES string of the molecule is CN(CC#N)CC(O)COC(C)(C)C. The molecule has 14 heavy (non-hydrogen) atoms. The molecule has 4 nitrogen and oxygen atoms in total. The molecule has 0 amide bonds. The molecule has 0 fully saturated rings. The summed E-state index contributed by atoms with van der Waals surface area (Å²) in [5, 5.41) is 17.9. The van der Waals surface area contributed by atoms with Crippen LogP contribution in [-0.4, -0.2) is 48.5 Å². The summed E-state index contributed by atoms with van der Waals surface area (Å²) in [5.74, 6) is 0. The van der Waals surface area contributed by atoms with Crippen molar-refractivity contribution in [3.63, 3.8) is 0 Å². The number of aliphatic hydroxyl groups excluding tert-OH is 1. The first kappa shape index (κ1) is 13.4. The molecular formula is C10H20N2O2. The van der Waals surface area contributed by atoms with Crippen molar-refractivity contribution < 1.29 is 9.84 Å². The highest BCUT2D eigenvalue weighted by molar-refractivity contribution is 4.76. The molecular weight excluding hydrogens is 180 g/mol. The highest BCUT2D eigenvalue weighted by atomic mass is 16.5. The van der Waals surface area contributed by atoms with E-state index >= 15 is 0 Å². The molecule has 1 unspecified atom stereocenters. The largest absolute Gasteiger partial charge is 0.389 e. The van der Waals surface area contributed by atoms with Crippen molar-refractivity contribution in [3.05, 3.63) is 0 Å². The maximum atomic E-state index is 9.53. The van der Waals surface area contributed by atoms with Crippen molar-refractivity contribution in [3.8, 4) is 6.07 Å². The highest BCUT2D eigenvalue weighted by Gasteiger charge is 2.14. The van der Waals surface area contributed by atoms with Gasteiger partial charge in [0.2, 0.25) is 0 Å². The van der Waals surface area contributed by atoms with Crippen molar-refractivity contribution in [1.82, 2.24) is 4.90 Å². The van der Waals surface area contributed by atoms with Crippen LogP contribution in [0.15, 0.2) is 0 Å². The van der Waals surface area contributed by atoms with Gasteiger partial charge in [-0.3, -0.25) is 4.90 Å². The van der Waals surface area contributed by atoms with Gasteiger partial charge in [-0.15, -0.1) is 0 Å². The van der Waals surface area contributed by atoms with Gasteiger partial charge < -0.3 is 9.84 Å². The van der Waals surface area contributed by atoms with Crippen LogP contribution >= 0.6 is 0 Å². The summed E-state index contributed by atoms with van der Waals surface area (Å²) < 4.78 is 5.41. The normalized spacial score (nSPS) is 14.1. The number of likely N-dealkylation sites (N-methyl/N-ethyl adjacent to an activating group) is 1. The van der Waals surface area contributed by atoms with Crippen LogP contribution in [0.5, 0.6) is 0 Å². The molecule has 0 aliphatic rings. The van der Waals surface area contributed by atoms with Gasteiger partial charge in [0.05, 0.1) is 30.9 Å². The topological polar surface area (TPSA) is 56.5 Å². The van der Waals surface area contributed by atoms with E-state index in [-0.39, 0.29) is 5.60 Å². The predicted octanol–water partition coefficient (Wildman–Crippen LogP) is 0.618. The van der Waals surface area contributed by atoms with E-state index in [1.807, 2.05) is 26.8 Å². The molecule has 0 rings (SSSR count). The third-order valence-corrected chi connectivity index (χ3v) is 1.57. The molecule has 0 radical (unpaired) electrons. The zero-order chi connectivity index (χ0) is 11.2. The van der Waals surface area contributed by atoms with Crippen molar-refractivity contribution in [1.29, 1.82) is 5.26 Å². The molecule has 1 atom stereocenters. The molecule has 4 heteroatoms. The van der Waals surface area contributed by atoms with E-state index in [4.69, 9.17) is 10.00 Å². The summed E-state index contributed by atoms with van der Waals surface area (Å²) in [7, 11) is 1.80. The predicted molar refractivity (Wildman–Crippen MR) is 54.8 cm³/mol. The second-order valence-corrected chi connectivity index (χ2v) is 4.43. The van der Waals surface area contributed by atoms with Crippen molar-refractivity contribution in [2.75, 3.05) is 26.7 Å². The van der Waals surface area contributed by atoms with E-state index in [1.165, 1.54) is 0 Å². The van der Waals surface area contributed by atoms with Gasteiger partial charge in [0.25, 0.3) is 0 Å². The summed E-state index contributed by atoms with van der Waals surface area (Å²) >= 11 is 0. The van der Waals surface area contributed by atoms with Gasteiger partial charge in [0.1, 0.15) is 0 Å². The van der Waals surface area contributed by atoms with Crippen LogP contribution < -0.4 is 0 Å². The van der Waals surface area contributed by atoms with Crippen LogP contribution in [0.2, 0.25) is 0 Å². The Morgan fingerprint density at radius 1 is 1.50 bits per heavy atom. The summed E-state index contributed by atoms with van der Waals surface area (Å²) in [4.78, 5) is 1.76. The van der Waals surface area contributed by atoms with Gasteiger partial charge in [-0.05, 0) is 27.8 Å². The summed E-state index contributed by atoms with van der Waals surface area (Å²) in [6, 6.07) is 2.02. The molecule has 0 heterocycles. The van der Waals surface area contributed by atoms with Crippen molar-refractivity contribution in [2.24, 2.45) is 0 Å². The summed E-state index contributed by atoms with van der Waals surface area (Å²) in [6.07, 6.45) is -0.535. The van der Waals surface area contributed by atoms with Gasteiger partial charge in [-0.25, -0.2) is 0 Å². The maximum absolute atomic E-state index is 9.53. The standard InChI is InChI=1S/C10H20N2O2/c1-10(2,3)14-8-9(13)7-12(4)6-5-11/h9,13H,6-8H2,1-4H3. The molecule has 0 saturated heterocycles. The Morgan fingerprint density at radius 2 is 2.07 bits per heavy atom. The first-order valence-electron chi connectivity index (χ1n) is 4.72. The zero-order valence-corrected chi connectivity index (χ0v) is 9.45. The molecule has 0 bridgehead atoms. The average Bonchev–Trinajstić information content (AvgIpc) is 2.00. The average molecular weight is 200 g/mol. The Balaban J connectivity index is 3.66. The second-order valence-electron chi connectivity index (χ2n) is 4.43. The maximum Gasteiger partial charge on any atom is 0.0900 e. The smallest absolute Gasteiger partial charge is 0.0900 e. The number of aliphatic hydroxyl groups is 1. The van der Waals surface area contributed by atoms with Crippen LogP contribution in [0.3, 0.4) is 0 Å². The minimum atomic E-state index is -0.535. The number of ether oxygens (including phenoxy) is 1. The Kier molecular flexibility index (Phi) is 5.70. The lowest BCUT2D eigenvalue weighted by Gasteiger charge is -2.23. The Bertz CT molecular complexity index is 193. The minimum absolute atomic E-state index is 0.227. The van der Waals surface area contributed by atoms with Crippen molar-refractivity contribution >= 4 is 0 Å². The molecule has 0 saturated carbocycles. The van der Waals surface area contributed by atoms with Crippen LogP contribution in [0.25, 0.3) is 0 Å². The molecule has 82 valence electrons. The Labute approximate surface area is 86.1 Å². The highest BCUT2D eigenvalue weighted by Crippen LogP contribution is 2.07. The fourth-order valence-electron chi connectivity index (χ4n) is 0.944. The molecule has 0 aliphatic heterocycles. The number of hydrogen-bond donors (Lipinski definition) is 1. The third-order valence-electron chi connectivity index (χ3n) is 1.57. The van der Waals surface area contributed by atoms with E-state index in [2.05, 4.69) is 0 Å². The van der Waals surface area contributed by atoms with Crippen LogP contribution in [0.1, 0.15) is 20.8 Å². The van der Waals surface area contributed by atoms with Gasteiger partial charge in [-0.1, -0.05) is 0 Å². The van der Waals surface area contributed by atoms with Crippen LogP contribution in [-0.2, 0) is 4.74 Å². The first-order valence-corrected chi connectivity index (χ1v) is 4.72. The lowest BCUT2D eigenvalue weighted by molar-refractivity contribution is -0.0539. The Hall–Kier alpha value is -0.630. The summed E-state index contributed by atoms with van der Waals surface area (Å²) in [6.45, 7) is 6.92. The third kappa shape index (κ3) is 7.99. The number of hydrogen-bond acceptors (Lipinski definition) is 4. The van der Waals surface area contributed by atoms with E-state index in [0.717, 1.165) is 0 Å². The van der Waals surface area contributed by atoms with Crippen molar-refractivity contribution in [2.45, 2.75) is 32.5 Å².